The van der Waals surface area contributed by atoms with Crippen LogP contribution in [0.1, 0.15) is 21.5 Å². The first-order valence-electron chi connectivity index (χ1n) is 4.03. The Morgan fingerprint density at radius 3 is 2.47 bits per heavy atom. The molecule has 0 unspecified atom stereocenters. The number of nitrogens with zero attached hydrogens (tertiary/aromatic N) is 1. The van der Waals surface area contributed by atoms with Crippen molar-refractivity contribution in [3.8, 4) is 0 Å². The topological polar surface area (TPSA) is 80.4 Å². The lowest BCUT2D eigenvalue weighted by atomic mass is 10.0. The number of nitro benzene ring substituents is 1. The van der Waals surface area contributed by atoms with Gasteiger partial charge >= 0.3 is 5.97 Å². The fraction of sp³-hybridized carbons (Fsp3) is 0.222. The summed E-state index contributed by atoms with van der Waals surface area (Å²) in [4.78, 5) is 20.5. The van der Waals surface area contributed by atoms with Gasteiger partial charge in [0.15, 0.2) is 0 Å². The Hall–Kier alpha value is -1.98. The molecule has 1 aromatic carbocycles. The van der Waals surface area contributed by atoms with Crippen molar-refractivity contribution in [1.82, 2.24) is 0 Å². The molecule has 0 aliphatic carbocycles. The molecular weight excluding hydrogens is 205 g/mol. The largest absolute Gasteiger partial charge is 0.477 e. The minimum Gasteiger partial charge on any atom is -0.477 e. The maximum atomic E-state index is 13.3. The van der Waals surface area contributed by atoms with Gasteiger partial charge in [-0.05, 0) is 19.4 Å². The molecule has 1 aromatic rings. The number of halogens is 1. The first-order chi connectivity index (χ1) is 6.86. The lowest BCUT2D eigenvalue weighted by molar-refractivity contribution is -0.385. The van der Waals surface area contributed by atoms with Crippen molar-refractivity contribution in [1.29, 1.82) is 0 Å². The van der Waals surface area contributed by atoms with Crippen LogP contribution in [-0.2, 0) is 0 Å². The molecule has 0 bridgehead atoms. The quantitative estimate of drug-likeness (QED) is 0.602. The van der Waals surface area contributed by atoms with E-state index in [1.165, 1.54) is 13.8 Å². The van der Waals surface area contributed by atoms with Gasteiger partial charge in [-0.3, -0.25) is 10.1 Å². The predicted octanol–water partition coefficient (Wildman–Crippen LogP) is 2.05. The van der Waals surface area contributed by atoms with Gasteiger partial charge in [-0.25, -0.2) is 9.18 Å². The molecule has 0 aliphatic heterocycles. The van der Waals surface area contributed by atoms with Gasteiger partial charge in [0.2, 0.25) is 0 Å². The number of hydrogen-bond acceptors (Lipinski definition) is 3. The van der Waals surface area contributed by atoms with E-state index in [9.17, 15) is 19.3 Å². The molecule has 0 heterocycles. The monoisotopic (exact) mass is 213 g/mol. The van der Waals surface area contributed by atoms with E-state index in [4.69, 9.17) is 5.11 Å². The average Bonchev–Trinajstić information content (AvgIpc) is 2.12. The Kier molecular flexibility index (Phi) is 2.69. The summed E-state index contributed by atoms with van der Waals surface area (Å²) >= 11 is 0. The number of carbonyl (C=O) groups is 1. The van der Waals surface area contributed by atoms with Gasteiger partial charge in [-0.15, -0.1) is 0 Å². The van der Waals surface area contributed by atoms with Gasteiger partial charge in [-0.1, -0.05) is 0 Å². The van der Waals surface area contributed by atoms with Gasteiger partial charge in [0.05, 0.1) is 4.92 Å². The van der Waals surface area contributed by atoms with E-state index in [0.717, 1.165) is 6.07 Å². The second kappa shape index (κ2) is 3.64. The number of carboxylic acid groups (broad SMARTS) is 1. The molecule has 1 N–H and O–H groups in total. The van der Waals surface area contributed by atoms with Crippen LogP contribution < -0.4 is 0 Å². The number of aromatic carboxylic acids is 1. The summed E-state index contributed by atoms with van der Waals surface area (Å²) in [7, 11) is 0. The Labute approximate surface area is 84.3 Å². The molecule has 0 saturated carbocycles. The summed E-state index contributed by atoms with van der Waals surface area (Å²) < 4.78 is 13.3. The summed E-state index contributed by atoms with van der Waals surface area (Å²) in [5.41, 5.74) is -1.33. The van der Waals surface area contributed by atoms with Gasteiger partial charge in [0, 0.05) is 11.6 Å². The molecule has 6 heteroatoms. The highest BCUT2D eigenvalue weighted by molar-refractivity contribution is 5.94. The highest BCUT2D eigenvalue weighted by atomic mass is 19.1. The highest BCUT2D eigenvalue weighted by Gasteiger charge is 2.25. The lowest BCUT2D eigenvalue weighted by Crippen LogP contribution is -2.08. The van der Waals surface area contributed by atoms with Crippen molar-refractivity contribution in [2.45, 2.75) is 13.8 Å². The third-order valence-corrected chi connectivity index (χ3v) is 2.07. The van der Waals surface area contributed by atoms with Crippen molar-refractivity contribution in [2.75, 3.05) is 0 Å². The molecule has 0 amide bonds. The molecule has 80 valence electrons. The SMILES string of the molecule is Cc1cc([N+](=O)[O-])c(C(=O)O)c(C)c1F. The van der Waals surface area contributed by atoms with Crippen molar-refractivity contribution in [2.24, 2.45) is 0 Å². The van der Waals surface area contributed by atoms with Crippen LogP contribution in [0.4, 0.5) is 10.1 Å². The zero-order chi connectivity index (χ0) is 11.7. The first-order valence-corrected chi connectivity index (χ1v) is 4.03. The maximum Gasteiger partial charge on any atom is 0.343 e. The minimum absolute atomic E-state index is 0.0594. The standard InChI is InChI=1S/C9H8FNO4/c1-4-3-6(11(14)15)7(9(12)13)5(2)8(4)10/h3H,1-2H3,(H,12,13). The number of aryl methyl sites for hydroxylation is 1. The number of nitro groups is 1. The van der Waals surface area contributed by atoms with Crippen LogP contribution in [0.3, 0.4) is 0 Å². The van der Waals surface area contributed by atoms with Crippen molar-refractivity contribution < 1.29 is 19.2 Å². The Balaban J connectivity index is 3.65. The van der Waals surface area contributed by atoms with E-state index in [1.54, 1.807) is 0 Å². The fourth-order valence-electron chi connectivity index (χ4n) is 1.35. The van der Waals surface area contributed by atoms with Crippen LogP contribution in [0, 0.1) is 29.8 Å². The number of hydrogen-bond donors (Lipinski definition) is 1. The average molecular weight is 213 g/mol. The second-order valence-corrected chi connectivity index (χ2v) is 3.09. The molecule has 0 aliphatic rings. The lowest BCUT2D eigenvalue weighted by Gasteiger charge is -2.05. The van der Waals surface area contributed by atoms with E-state index < -0.39 is 28.0 Å². The second-order valence-electron chi connectivity index (χ2n) is 3.09. The number of carboxylic acids is 1. The van der Waals surface area contributed by atoms with Crippen LogP contribution in [0.2, 0.25) is 0 Å². The Morgan fingerprint density at radius 1 is 1.53 bits per heavy atom. The van der Waals surface area contributed by atoms with E-state index in [0.29, 0.717) is 0 Å². The fourth-order valence-corrected chi connectivity index (χ4v) is 1.35. The summed E-state index contributed by atoms with van der Waals surface area (Å²) in [6.45, 7) is 2.56. The third kappa shape index (κ3) is 1.78. The zero-order valence-electron chi connectivity index (χ0n) is 8.07. The summed E-state index contributed by atoms with van der Waals surface area (Å²) in [5.74, 6) is -2.23. The molecule has 0 spiro atoms. The normalized spacial score (nSPS) is 10.1. The molecule has 0 aromatic heterocycles. The molecule has 15 heavy (non-hydrogen) atoms. The van der Waals surface area contributed by atoms with Crippen LogP contribution >= 0.6 is 0 Å². The van der Waals surface area contributed by atoms with E-state index in [2.05, 4.69) is 0 Å². The van der Waals surface area contributed by atoms with E-state index in [1.807, 2.05) is 0 Å². The summed E-state index contributed by atoms with van der Waals surface area (Å²) in [6, 6.07) is 0.922. The number of benzene rings is 1. The molecule has 0 saturated heterocycles. The van der Waals surface area contributed by atoms with Crippen LogP contribution in [0.25, 0.3) is 0 Å². The maximum absolute atomic E-state index is 13.3. The van der Waals surface area contributed by atoms with Crippen LogP contribution in [0.15, 0.2) is 6.07 Å². The minimum atomic E-state index is -1.50. The Morgan fingerprint density at radius 2 is 2.07 bits per heavy atom. The molecule has 5 nitrogen and oxygen atoms in total. The smallest absolute Gasteiger partial charge is 0.343 e. The van der Waals surface area contributed by atoms with Crippen molar-refractivity contribution in [3.05, 3.63) is 38.7 Å². The summed E-state index contributed by atoms with van der Waals surface area (Å²) in [5, 5.41) is 19.3. The Bertz CT molecular complexity index is 456. The molecule has 0 atom stereocenters. The molecule has 1 rings (SSSR count). The molecular formula is C9H8FNO4. The summed E-state index contributed by atoms with van der Waals surface area (Å²) in [6.07, 6.45) is 0. The number of rotatable bonds is 2. The van der Waals surface area contributed by atoms with Gasteiger partial charge in [0.25, 0.3) is 5.69 Å². The van der Waals surface area contributed by atoms with E-state index >= 15 is 0 Å². The van der Waals surface area contributed by atoms with Gasteiger partial charge in [0.1, 0.15) is 11.4 Å². The highest BCUT2D eigenvalue weighted by Crippen LogP contribution is 2.26. The predicted molar refractivity (Wildman–Crippen MR) is 49.5 cm³/mol. The van der Waals surface area contributed by atoms with Gasteiger partial charge in [-0.2, -0.15) is 0 Å². The van der Waals surface area contributed by atoms with Crippen molar-refractivity contribution in [3.63, 3.8) is 0 Å². The van der Waals surface area contributed by atoms with Gasteiger partial charge < -0.3 is 5.11 Å². The molecule has 0 fully saturated rings. The zero-order valence-corrected chi connectivity index (χ0v) is 8.07. The molecule has 0 radical (unpaired) electrons. The van der Waals surface area contributed by atoms with Crippen LogP contribution in [0.5, 0.6) is 0 Å². The first kappa shape index (κ1) is 11.1. The van der Waals surface area contributed by atoms with Crippen LogP contribution in [-0.4, -0.2) is 16.0 Å². The van der Waals surface area contributed by atoms with Crippen molar-refractivity contribution >= 4 is 11.7 Å². The van der Waals surface area contributed by atoms with E-state index in [-0.39, 0.29) is 11.1 Å². The third-order valence-electron chi connectivity index (χ3n) is 2.07.